The molecule has 132 valence electrons. The van der Waals surface area contributed by atoms with E-state index in [1.54, 1.807) is 13.8 Å². The molecule has 1 aromatic carbocycles. The lowest BCUT2D eigenvalue weighted by molar-refractivity contribution is -0.384. The van der Waals surface area contributed by atoms with Crippen LogP contribution in [0.1, 0.15) is 30.0 Å². The number of nitro benzene ring substituents is 1. The van der Waals surface area contributed by atoms with Crippen molar-refractivity contribution in [1.82, 2.24) is 15.0 Å². The standard InChI is InChI=1S/C15H16N4O6/c1-3-24-13(20)9-12-14(15(21)25-4-2)16-17-18(12)10-5-7-11(8-6-10)19(22)23/h5-8H,3-4,9H2,1-2H3. The normalized spacial score (nSPS) is 10.3. The van der Waals surface area contributed by atoms with Gasteiger partial charge in [-0.25, -0.2) is 9.48 Å². The Morgan fingerprint density at radius 2 is 1.80 bits per heavy atom. The van der Waals surface area contributed by atoms with Gasteiger partial charge >= 0.3 is 11.9 Å². The molecule has 2 aromatic rings. The third kappa shape index (κ3) is 4.16. The molecule has 1 aromatic heterocycles. The average Bonchev–Trinajstić information content (AvgIpc) is 2.99. The summed E-state index contributed by atoms with van der Waals surface area (Å²) in [6, 6.07) is 5.46. The molecule has 25 heavy (non-hydrogen) atoms. The van der Waals surface area contributed by atoms with Crippen LogP contribution in [0.4, 0.5) is 5.69 Å². The molecule has 0 N–H and O–H groups in total. The molecular weight excluding hydrogens is 332 g/mol. The summed E-state index contributed by atoms with van der Waals surface area (Å²) in [5, 5.41) is 18.4. The minimum absolute atomic E-state index is 0.0959. The highest BCUT2D eigenvalue weighted by molar-refractivity contribution is 5.90. The van der Waals surface area contributed by atoms with E-state index in [1.807, 2.05) is 0 Å². The van der Waals surface area contributed by atoms with Crippen molar-refractivity contribution in [3.63, 3.8) is 0 Å². The molecule has 10 nitrogen and oxygen atoms in total. The van der Waals surface area contributed by atoms with Gasteiger partial charge in [-0.15, -0.1) is 5.10 Å². The smallest absolute Gasteiger partial charge is 0.360 e. The van der Waals surface area contributed by atoms with Crippen LogP contribution in [0.15, 0.2) is 24.3 Å². The fourth-order valence-electron chi connectivity index (χ4n) is 2.09. The van der Waals surface area contributed by atoms with Crippen molar-refractivity contribution in [1.29, 1.82) is 0 Å². The Balaban J connectivity index is 2.44. The maximum atomic E-state index is 12.0. The molecule has 0 aliphatic carbocycles. The molecule has 0 atom stereocenters. The summed E-state index contributed by atoms with van der Waals surface area (Å²) in [5.41, 5.74) is 0.397. The van der Waals surface area contributed by atoms with E-state index >= 15 is 0 Å². The summed E-state index contributed by atoms with van der Waals surface area (Å²) in [4.78, 5) is 34.1. The van der Waals surface area contributed by atoms with Crippen LogP contribution >= 0.6 is 0 Å². The summed E-state index contributed by atoms with van der Waals surface area (Å²) in [5.74, 6) is -1.27. The molecule has 0 unspecified atom stereocenters. The molecule has 0 bridgehead atoms. The first kappa shape index (κ1) is 18.0. The molecule has 0 saturated carbocycles. The van der Waals surface area contributed by atoms with Crippen molar-refractivity contribution in [2.45, 2.75) is 20.3 Å². The molecule has 10 heteroatoms. The molecule has 0 fully saturated rings. The van der Waals surface area contributed by atoms with E-state index < -0.39 is 16.9 Å². The lowest BCUT2D eigenvalue weighted by Gasteiger charge is -2.07. The molecular formula is C15H16N4O6. The first-order valence-electron chi connectivity index (χ1n) is 7.50. The van der Waals surface area contributed by atoms with Crippen molar-refractivity contribution < 1.29 is 24.0 Å². The Morgan fingerprint density at radius 1 is 1.16 bits per heavy atom. The van der Waals surface area contributed by atoms with Crippen LogP contribution in [0.25, 0.3) is 5.69 Å². The van der Waals surface area contributed by atoms with Crippen molar-refractivity contribution >= 4 is 17.6 Å². The molecule has 0 aliphatic heterocycles. The van der Waals surface area contributed by atoms with Gasteiger partial charge in [0, 0.05) is 12.1 Å². The number of hydrogen-bond donors (Lipinski definition) is 0. The van der Waals surface area contributed by atoms with Gasteiger partial charge in [0.25, 0.3) is 5.69 Å². The minimum atomic E-state index is -0.713. The lowest BCUT2D eigenvalue weighted by Crippen LogP contribution is -2.16. The summed E-state index contributed by atoms with van der Waals surface area (Å²) in [6.07, 6.45) is -0.244. The average molecular weight is 348 g/mol. The molecule has 0 amide bonds. The second-order valence-corrected chi connectivity index (χ2v) is 4.77. The third-order valence-electron chi connectivity index (χ3n) is 3.15. The fourth-order valence-corrected chi connectivity index (χ4v) is 2.09. The number of benzene rings is 1. The SMILES string of the molecule is CCOC(=O)Cc1c(C(=O)OCC)nnn1-c1ccc([N+](=O)[O-])cc1. The van der Waals surface area contributed by atoms with Crippen LogP contribution in [0.3, 0.4) is 0 Å². The number of esters is 2. The van der Waals surface area contributed by atoms with Gasteiger partial charge < -0.3 is 9.47 Å². The van der Waals surface area contributed by atoms with Crippen LogP contribution < -0.4 is 0 Å². The van der Waals surface area contributed by atoms with Crippen LogP contribution in [-0.4, -0.2) is 45.1 Å². The summed E-state index contributed by atoms with van der Waals surface area (Å²) in [7, 11) is 0. The van der Waals surface area contributed by atoms with Crippen molar-refractivity contribution in [3.8, 4) is 5.69 Å². The molecule has 0 spiro atoms. The van der Waals surface area contributed by atoms with E-state index in [-0.39, 0.29) is 36.7 Å². The van der Waals surface area contributed by atoms with Gasteiger partial charge in [-0.05, 0) is 26.0 Å². The molecule has 2 rings (SSSR count). The number of carbonyl (C=O) groups is 2. The van der Waals surface area contributed by atoms with Crippen LogP contribution in [0.2, 0.25) is 0 Å². The number of hydrogen-bond acceptors (Lipinski definition) is 8. The first-order chi connectivity index (χ1) is 12.0. The van der Waals surface area contributed by atoms with Gasteiger partial charge in [0.15, 0.2) is 5.69 Å². The van der Waals surface area contributed by atoms with Crippen LogP contribution in [-0.2, 0) is 20.7 Å². The van der Waals surface area contributed by atoms with Gasteiger partial charge in [0.05, 0.1) is 35.9 Å². The number of carbonyl (C=O) groups excluding carboxylic acids is 2. The highest BCUT2D eigenvalue weighted by Gasteiger charge is 2.24. The van der Waals surface area contributed by atoms with Gasteiger partial charge in [0.2, 0.25) is 0 Å². The van der Waals surface area contributed by atoms with E-state index in [1.165, 1.54) is 28.9 Å². The Hall–Kier alpha value is -3.30. The highest BCUT2D eigenvalue weighted by Crippen LogP contribution is 2.18. The van der Waals surface area contributed by atoms with E-state index in [0.29, 0.717) is 5.69 Å². The van der Waals surface area contributed by atoms with E-state index in [2.05, 4.69) is 10.3 Å². The van der Waals surface area contributed by atoms with E-state index in [0.717, 1.165) is 0 Å². The van der Waals surface area contributed by atoms with Crippen LogP contribution in [0, 0.1) is 10.1 Å². The zero-order valence-electron chi connectivity index (χ0n) is 13.7. The maximum absolute atomic E-state index is 12.0. The second-order valence-electron chi connectivity index (χ2n) is 4.77. The first-order valence-corrected chi connectivity index (χ1v) is 7.50. The number of ether oxygens (including phenoxy) is 2. The largest absolute Gasteiger partial charge is 0.466 e. The molecule has 0 saturated heterocycles. The molecule has 1 heterocycles. The van der Waals surface area contributed by atoms with Gasteiger partial charge in [-0.3, -0.25) is 14.9 Å². The number of aromatic nitrogens is 3. The van der Waals surface area contributed by atoms with Crippen molar-refractivity contribution in [3.05, 3.63) is 45.8 Å². The zero-order chi connectivity index (χ0) is 18.4. The number of nitro groups is 1. The monoisotopic (exact) mass is 348 g/mol. The summed E-state index contributed by atoms with van der Waals surface area (Å²) < 4.78 is 11.1. The van der Waals surface area contributed by atoms with Crippen LogP contribution in [0.5, 0.6) is 0 Å². The molecule has 0 aliphatic rings. The highest BCUT2D eigenvalue weighted by atomic mass is 16.6. The Bertz CT molecular complexity index is 784. The predicted molar refractivity (Wildman–Crippen MR) is 84.3 cm³/mol. The lowest BCUT2D eigenvalue weighted by atomic mass is 10.2. The van der Waals surface area contributed by atoms with Crippen molar-refractivity contribution in [2.75, 3.05) is 13.2 Å². The van der Waals surface area contributed by atoms with Gasteiger partial charge in [0.1, 0.15) is 0 Å². The van der Waals surface area contributed by atoms with E-state index in [9.17, 15) is 19.7 Å². The quantitative estimate of drug-likeness (QED) is 0.418. The molecule has 0 radical (unpaired) electrons. The Morgan fingerprint density at radius 3 is 2.36 bits per heavy atom. The summed E-state index contributed by atoms with van der Waals surface area (Å²) in [6.45, 7) is 3.63. The zero-order valence-corrected chi connectivity index (χ0v) is 13.7. The van der Waals surface area contributed by atoms with Gasteiger partial charge in [-0.1, -0.05) is 5.21 Å². The fraction of sp³-hybridized carbons (Fsp3) is 0.333. The number of nitrogens with zero attached hydrogens (tertiary/aromatic N) is 4. The van der Waals surface area contributed by atoms with E-state index in [4.69, 9.17) is 9.47 Å². The van der Waals surface area contributed by atoms with Gasteiger partial charge in [-0.2, -0.15) is 0 Å². The minimum Gasteiger partial charge on any atom is -0.466 e. The Kier molecular flexibility index (Phi) is 5.77. The number of rotatable bonds is 7. The Labute approximate surface area is 142 Å². The third-order valence-corrected chi connectivity index (χ3v) is 3.15. The summed E-state index contributed by atoms with van der Waals surface area (Å²) >= 11 is 0. The second kappa shape index (κ2) is 7.99. The van der Waals surface area contributed by atoms with Crippen molar-refractivity contribution in [2.24, 2.45) is 0 Å². The maximum Gasteiger partial charge on any atom is 0.360 e. The number of non-ortho nitro benzene ring substituents is 1. The topological polar surface area (TPSA) is 126 Å². The predicted octanol–water partition coefficient (Wildman–Crippen LogP) is 1.46.